The van der Waals surface area contributed by atoms with Gasteiger partial charge >= 0.3 is 5.97 Å². The largest absolute Gasteiger partial charge is 0.422 e. The average molecular weight is 532 g/mol. The Balaban J connectivity index is 1.45. The molecule has 4 aromatic carbocycles. The third-order valence-electron chi connectivity index (χ3n) is 5.10. The summed E-state index contributed by atoms with van der Waals surface area (Å²) in [5.74, 6) is -1.34. The molecule has 0 unspecified atom stereocenters. The van der Waals surface area contributed by atoms with Gasteiger partial charge in [-0.15, -0.1) is 0 Å². The van der Waals surface area contributed by atoms with Gasteiger partial charge in [-0.05, 0) is 54.6 Å². The van der Waals surface area contributed by atoms with E-state index in [2.05, 4.69) is 15.8 Å². The molecule has 184 valence electrons. The van der Waals surface area contributed by atoms with Crippen LogP contribution in [0.1, 0.15) is 36.6 Å². The van der Waals surface area contributed by atoms with E-state index in [1.54, 1.807) is 72.8 Å². The van der Waals surface area contributed by atoms with Gasteiger partial charge in [-0.1, -0.05) is 65.7 Å². The summed E-state index contributed by atoms with van der Waals surface area (Å²) in [7, 11) is 0. The molecule has 0 atom stereocenters. The Morgan fingerprint density at radius 1 is 0.757 bits per heavy atom. The number of hydrazone groups is 1. The lowest BCUT2D eigenvalue weighted by atomic mass is 10.1. The lowest BCUT2D eigenvalue weighted by Gasteiger charge is -2.10. The molecular weight excluding hydrogens is 513 g/mol. The minimum absolute atomic E-state index is 0.153. The zero-order chi connectivity index (χ0) is 26.2. The van der Waals surface area contributed by atoms with Crippen LogP contribution in [0.3, 0.4) is 0 Å². The van der Waals surface area contributed by atoms with E-state index in [-0.39, 0.29) is 27.8 Å². The first-order valence-electron chi connectivity index (χ1n) is 11.0. The van der Waals surface area contributed by atoms with Crippen molar-refractivity contribution in [2.45, 2.75) is 0 Å². The van der Waals surface area contributed by atoms with Gasteiger partial charge in [0.2, 0.25) is 0 Å². The maximum atomic E-state index is 12.8. The molecule has 0 saturated carbocycles. The van der Waals surface area contributed by atoms with Gasteiger partial charge in [-0.3, -0.25) is 9.59 Å². The molecule has 0 fully saturated rings. The molecular formula is C28H19Cl2N3O4. The normalized spacial score (nSPS) is 10.6. The monoisotopic (exact) mass is 531 g/mol. The summed E-state index contributed by atoms with van der Waals surface area (Å²) in [5, 5.41) is 7.29. The first kappa shape index (κ1) is 25.6. The molecule has 7 nitrogen and oxygen atoms in total. The zero-order valence-corrected chi connectivity index (χ0v) is 20.7. The van der Waals surface area contributed by atoms with E-state index in [9.17, 15) is 14.4 Å². The number of amides is 2. The molecule has 0 radical (unpaired) electrons. The highest BCUT2D eigenvalue weighted by Crippen LogP contribution is 2.24. The summed E-state index contributed by atoms with van der Waals surface area (Å²) >= 11 is 12.0. The fraction of sp³-hybridized carbons (Fsp3) is 0. The number of carbonyl (C=O) groups excluding carboxylic acids is 3. The summed E-state index contributed by atoms with van der Waals surface area (Å²) < 4.78 is 5.48. The predicted octanol–water partition coefficient (Wildman–Crippen LogP) is 6.23. The number of nitrogens with zero attached hydrogens (tertiary/aromatic N) is 1. The number of ether oxygens (including phenoxy) is 1. The minimum Gasteiger partial charge on any atom is -0.422 e. The second-order valence-electron chi connectivity index (χ2n) is 7.62. The third kappa shape index (κ3) is 6.61. The Morgan fingerprint density at radius 2 is 1.46 bits per heavy atom. The van der Waals surface area contributed by atoms with Crippen molar-refractivity contribution >= 4 is 52.9 Å². The van der Waals surface area contributed by atoms with Crippen molar-refractivity contribution in [1.29, 1.82) is 0 Å². The maximum Gasteiger partial charge on any atom is 0.345 e. The Morgan fingerprint density at radius 3 is 2.24 bits per heavy atom. The van der Waals surface area contributed by atoms with Gasteiger partial charge < -0.3 is 10.1 Å². The summed E-state index contributed by atoms with van der Waals surface area (Å²) in [6.45, 7) is 0. The molecule has 0 aliphatic heterocycles. The first-order valence-corrected chi connectivity index (χ1v) is 11.7. The number of halogens is 2. The molecule has 9 heteroatoms. The molecule has 2 N–H and O–H groups in total. The van der Waals surface area contributed by atoms with Crippen LogP contribution in [0.15, 0.2) is 102 Å². The molecule has 0 saturated heterocycles. The van der Waals surface area contributed by atoms with Crippen molar-refractivity contribution in [1.82, 2.24) is 5.43 Å². The number of hydrogen-bond donors (Lipinski definition) is 2. The summed E-state index contributed by atoms with van der Waals surface area (Å²) in [6.07, 6.45) is 1.34. The van der Waals surface area contributed by atoms with Crippen LogP contribution >= 0.6 is 23.2 Å². The van der Waals surface area contributed by atoms with Crippen LogP contribution in [-0.2, 0) is 0 Å². The highest BCUT2D eigenvalue weighted by Gasteiger charge is 2.16. The maximum absolute atomic E-state index is 12.8. The van der Waals surface area contributed by atoms with E-state index in [1.165, 1.54) is 24.4 Å². The van der Waals surface area contributed by atoms with Crippen LogP contribution in [0, 0.1) is 0 Å². The Kier molecular flexibility index (Phi) is 8.30. The van der Waals surface area contributed by atoms with Crippen LogP contribution in [-0.4, -0.2) is 24.0 Å². The number of carbonyl (C=O) groups is 3. The van der Waals surface area contributed by atoms with Gasteiger partial charge in [0.25, 0.3) is 11.8 Å². The molecule has 4 aromatic rings. The van der Waals surface area contributed by atoms with Gasteiger partial charge in [0.1, 0.15) is 5.75 Å². The van der Waals surface area contributed by atoms with Crippen LogP contribution in [0.2, 0.25) is 10.0 Å². The Bertz CT molecular complexity index is 1490. The summed E-state index contributed by atoms with van der Waals surface area (Å²) in [5.41, 5.74) is 4.04. The van der Waals surface area contributed by atoms with E-state index in [4.69, 9.17) is 27.9 Å². The Hall–Kier alpha value is -4.46. The second-order valence-corrected chi connectivity index (χ2v) is 8.46. The molecule has 0 aliphatic rings. The molecule has 0 heterocycles. The molecule has 0 spiro atoms. The third-order valence-corrected chi connectivity index (χ3v) is 5.65. The van der Waals surface area contributed by atoms with Crippen LogP contribution in [0.25, 0.3) is 0 Å². The smallest absolute Gasteiger partial charge is 0.345 e. The summed E-state index contributed by atoms with van der Waals surface area (Å²) in [6, 6.07) is 26.3. The fourth-order valence-electron chi connectivity index (χ4n) is 3.28. The number of esters is 1. The van der Waals surface area contributed by atoms with Crippen molar-refractivity contribution in [3.63, 3.8) is 0 Å². The molecule has 0 bridgehead atoms. The van der Waals surface area contributed by atoms with Crippen molar-refractivity contribution < 1.29 is 19.1 Å². The zero-order valence-electron chi connectivity index (χ0n) is 19.2. The molecule has 0 aliphatic carbocycles. The van der Waals surface area contributed by atoms with Gasteiger partial charge in [-0.2, -0.15) is 5.10 Å². The number of rotatable bonds is 7. The summed E-state index contributed by atoms with van der Waals surface area (Å²) in [4.78, 5) is 37.9. The average Bonchev–Trinajstić information content (AvgIpc) is 2.90. The number of hydrogen-bond acceptors (Lipinski definition) is 5. The Labute approximate surface area is 222 Å². The molecule has 2 amide bonds. The van der Waals surface area contributed by atoms with Gasteiger partial charge in [-0.25, -0.2) is 10.2 Å². The number of para-hydroxylation sites is 2. The topological polar surface area (TPSA) is 96.9 Å². The van der Waals surface area contributed by atoms with E-state index in [1.807, 2.05) is 6.07 Å². The molecule has 0 aromatic heterocycles. The van der Waals surface area contributed by atoms with Crippen molar-refractivity contribution in [2.75, 3.05) is 5.32 Å². The van der Waals surface area contributed by atoms with E-state index < -0.39 is 11.9 Å². The van der Waals surface area contributed by atoms with E-state index in [0.29, 0.717) is 21.8 Å². The lowest BCUT2D eigenvalue weighted by Crippen LogP contribution is -2.21. The van der Waals surface area contributed by atoms with Crippen molar-refractivity contribution in [3.05, 3.63) is 129 Å². The minimum atomic E-state index is -0.672. The lowest BCUT2D eigenvalue weighted by molar-refractivity contribution is 0.0734. The number of anilines is 1. The SMILES string of the molecule is O=C(Nc1ccccc1C(=O)N/N=C\c1ccccc1OC(=O)c1ccc(Cl)cc1Cl)c1ccccc1. The highest BCUT2D eigenvalue weighted by atomic mass is 35.5. The van der Waals surface area contributed by atoms with E-state index >= 15 is 0 Å². The van der Waals surface area contributed by atoms with Crippen LogP contribution in [0.4, 0.5) is 5.69 Å². The fourth-order valence-corrected chi connectivity index (χ4v) is 3.77. The van der Waals surface area contributed by atoms with Gasteiger partial charge in [0, 0.05) is 16.1 Å². The van der Waals surface area contributed by atoms with Crippen LogP contribution in [0.5, 0.6) is 5.75 Å². The second kappa shape index (κ2) is 12.0. The quantitative estimate of drug-likeness (QED) is 0.128. The standard InChI is InChI=1S/C28H19Cl2N3O4/c29-20-14-15-21(23(30)16-20)28(36)37-25-13-7-4-10-19(25)17-31-33-27(35)22-11-5-6-12-24(22)32-26(34)18-8-2-1-3-9-18/h1-17H,(H,32,34)(H,33,35)/b31-17-. The predicted molar refractivity (Wildman–Crippen MR) is 144 cm³/mol. The van der Waals surface area contributed by atoms with E-state index in [0.717, 1.165) is 0 Å². The van der Waals surface area contributed by atoms with Crippen molar-refractivity contribution in [2.24, 2.45) is 5.10 Å². The molecule has 37 heavy (non-hydrogen) atoms. The van der Waals surface area contributed by atoms with Crippen LogP contribution < -0.4 is 15.5 Å². The number of benzene rings is 4. The molecule has 4 rings (SSSR count). The first-order chi connectivity index (χ1) is 17.9. The highest BCUT2D eigenvalue weighted by molar-refractivity contribution is 6.36. The van der Waals surface area contributed by atoms with Gasteiger partial charge in [0.15, 0.2) is 0 Å². The van der Waals surface area contributed by atoms with Gasteiger partial charge in [0.05, 0.1) is 28.1 Å². The van der Waals surface area contributed by atoms with Crippen molar-refractivity contribution in [3.8, 4) is 5.75 Å². The number of nitrogens with one attached hydrogen (secondary N) is 2.